The van der Waals surface area contributed by atoms with Gasteiger partial charge in [0.05, 0.1) is 12.8 Å². The molecule has 4 aromatic rings. The summed E-state index contributed by atoms with van der Waals surface area (Å²) in [5.41, 5.74) is 3.70. The lowest BCUT2D eigenvalue weighted by atomic mass is 10.1. The second-order valence-corrected chi connectivity index (χ2v) is 10.5. The zero-order chi connectivity index (χ0) is 29.8. The van der Waals surface area contributed by atoms with E-state index in [0.717, 1.165) is 30.8 Å². The minimum Gasteiger partial charge on any atom is -0.493 e. The molecule has 1 aliphatic rings. The molecule has 1 atom stereocenters. The number of rotatable bonds is 8. The molecule has 1 aromatic heterocycles. The van der Waals surface area contributed by atoms with Gasteiger partial charge in [0.1, 0.15) is 11.4 Å². The SMILES string of the molecule is COc1ccccc1Oc1nc(Nc2ccc(N3CCN(C)C(C)C3)c(F)c2)ncc1C(=O)Nc1c(C)cccc1C. The van der Waals surface area contributed by atoms with Gasteiger partial charge >= 0.3 is 0 Å². The van der Waals surface area contributed by atoms with E-state index in [-0.39, 0.29) is 23.2 Å². The Morgan fingerprint density at radius 2 is 1.76 bits per heavy atom. The third kappa shape index (κ3) is 6.28. The summed E-state index contributed by atoms with van der Waals surface area (Å²) in [6.45, 7) is 8.35. The van der Waals surface area contributed by atoms with Crippen molar-refractivity contribution in [2.24, 2.45) is 0 Å². The van der Waals surface area contributed by atoms with Crippen molar-refractivity contribution in [1.29, 1.82) is 0 Å². The number of aryl methyl sites for hydroxylation is 2. The summed E-state index contributed by atoms with van der Waals surface area (Å²) in [5.74, 6) is 0.242. The maximum atomic E-state index is 15.2. The molecule has 3 aromatic carbocycles. The van der Waals surface area contributed by atoms with Gasteiger partial charge in [-0.15, -0.1) is 0 Å². The molecule has 5 rings (SSSR count). The number of halogens is 1. The number of anilines is 4. The van der Waals surface area contributed by atoms with Crippen LogP contribution in [0.4, 0.5) is 27.4 Å². The van der Waals surface area contributed by atoms with Crippen LogP contribution >= 0.6 is 0 Å². The minimum atomic E-state index is -0.430. The van der Waals surface area contributed by atoms with E-state index in [1.165, 1.54) is 19.4 Å². The maximum absolute atomic E-state index is 15.2. The number of benzene rings is 3. The van der Waals surface area contributed by atoms with Gasteiger partial charge in [-0.05, 0) is 69.3 Å². The predicted molar refractivity (Wildman–Crippen MR) is 163 cm³/mol. The Morgan fingerprint density at radius 3 is 2.45 bits per heavy atom. The molecule has 1 unspecified atom stereocenters. The second kappa shape index (κ2) is 12.4. The van der Waals surface area contributed by atoms with Crippen LogP contribution in [-0.4, -0.2) is 60.6 Å². The van der Waals surface area contributed by atoms with Crippen LogP contribution in [0.25, 0.3) is 0 Å². The molecule has 1 saturated heterocycles. The summed E-state index contributed by atoms with van der Waals surface area (Å²) >= 11 is 0. The number of carbonyl (C=O) groups is 1. The van der Waals surface area contributed by atoms with Gasteiger partial charge in [0.25, 0.3) is 5.91 Å². The summed E-state index contributed by atoms with van der Waals surface area (Å²) in [7, 11) is 3.61. The first kappa shape index (κ1) is 28.8. The lowest BCUT2D eigenvalue weighted by Crippen LogP contribution is -2.50. The van der Waals surface area contributed by atoms with E-state index < -0.39 is 5.91 Å². The van der Waals surface area contributed by atoms with Crippen LogP contribution in [0.1, 0.15) is 28.4 Å². The molecule has 9 nitrogen and oxygen atoms in total. The zero-order valence-corrected chi connectivity index (χ0v) is 24.4. The highest BCUT2D eigenvalue weighted by Crippen LogP contribution is 2.33. The van der Waals surface area contributed by atoms with Gasteiger partial charge in [-0.25, -0.2) is 9.37 Å². The molecule has 0 aliphatic carbocycles. The Bertz CT molecular complexity index is 1580. The van der Waals surface area contributed by atoms with Gasteiger partial charge in [0, 0.05) is 43.2 Å². The number of piperazine rings is 1. The Labute approximate surface area is 245 Å². The Hall–Kier alpha value is -4.70. The van der Waals surface area contributed by atoms with Crippen LogP contribution in [0.3, 0.4) is 0 Å². The van der Waals surface area contributed by atoms with E-state index in [2.05, 4.69) is 44.4 Å². The van der Waals surface area contributed by atoms with Gasteiger partial charge in [-0.1, -0.05) is 30.3 Å². The Morgan fingerprint density at radius 1 is 1.02 bits per heavy atom. The fourth-order valence-corrected chi connectivity index (χ4v) is 4.90. The average Bonchev–Trinajstić information content (AvgIpc) is 2.97. The van der Waals surface area contributed by atoms with E-state index in [9.17, 15) is 4.79 Å². The van der Waals surface area contributed by atoms with Gasteiger partial charge in [-0.2, -0.15) is 4.98 Å². The minimum absolute atomic E-state index is 0.0178. The molecule has 0 saturated carbocycles. The fourth-order valence-electron chi connectivity index (χ4n) is 4.90. The van der Waals surface area contributed by atoms with Gasteiger partial charge in [-0.3, -0.25) is 4.79 Å². The first-order chi connectivity index (χ1) is 20.2. The number of amides is 1. The molecule has 0 bridgehead atoms. The van der Waals surface area contributed by atoms with Crippen LogP contribution < -0.4 is 25.0 Å². The number of nitrogens with zero attached hydrogens (tertiary/aromatic N) is 4. The fraction of sp³-hybridized carbons (Fsp3) is 0.281. The number of ether oxygens (including phenoxy) is 2. The number of carbonyl (C=O) groups excluding carboxylic acids is 1. The average molecular weight is 571 g/mol. The van der Waals surface area contributed by atoms with Crippen LogP contribution in [0.15, 0.2) is 66.9 Å². The van der Waals surface area contributed by atoms with Crippen molar-refractivity contribution in [3.8, 4) is 17.4 Å². The van der Waals surface area contributed by atoms with E-state index in [1.807, 2.05) is 38.1 Å². The number of methoxy groups -OCH3 is 1. The highest BCUT2D eigenvalue weighted by molar-refractivity contribution is 6.06. The summed E-state index contributed by atoms with van der Waals surface area (Å²) < 4.78 is 26.8. The standard InChI is InChI=1S/C32H35FN6O3/c1-20-9-8-10-21(2)29(20)36-30(40)24-18-34-32(37-31(24)42-28-12-7-6-11-27(28)41-5)35-23-13-14-26(25(33)17-23)39-16-15-38(4)22(3)19-39/h6-14,17-18,22H,15-16,19H2,1-5H3,(H,36,40)(H,34,35,37). The van der Waals surface area contributed by atoms with Crippen molar-refractivity contribution in [1.82, 2.24) is 14.9 Å². The molecule has 0 spiro atoms. The molecular weight excluding hydrogens is 535 g/mol. The Kier molecular flexibility index (Phi) is 8.53. The monoisotopic (exact) mass is 570 g/mol. The van der Waals surface area contributed by atoms with Gasteiger partial charge < -0.3 is 29.9 Å². The Balaban J connectivity index is 1.43. The van der Waals surface area contributed by atoms with Crippen molar-refractivity contribution in [2.75, 3.05) is 49.3 Å². The summed E-state index contributed by atoms with van der Waals surface area (Å²) in [5, 5.41) is 6.01. The molecule has 218 valence electrons. The van der Waals surface area contributed by atoms with Crippen LogP contribution in [-0.2, 0) is 0 Å². The smallest absolute Gasteiger partial charge is 0.262 e. The zero-order valence-electron chi connectivity index (χ0n) is 24.4. The number of hydrogen-bond donors (Lipinski definition) is 2. The van der Waals surface area contributed by atoms with Crippen LogP contribution in [0.2, 0.25) is 0 Å². The molecule has 1 amide bonds. The van der Waals surface area contributed by atoms with Gasteiger partial charge in [0.15, 0.2) is 11.5 Å². The lowest BCUT2D eigenvalue weighted by Gasteiger charge is -2.39. The largest absolute Gasteiger partial charge is 0.493 e. The number of nitrogens with one attached hydrogen (secondary N) is 2. The van der Waals surface area contributed by atoms with Crippen molar-refractivity contribution in [2.45, 2.75) is 26.8 Å². The van der Waals surface area contributed by atoms with Crippen molar-refractivity contribution >= 4 is 28.9 Å². The van der Waals surface area contributed by atoms with Crippen molar-refractivity contribution < 1.29 is 18.7 Å². The molecule has 42 heavy (non-hydrogen) atoms. The molecular formula is C32H35FN6O3. The third-order valence-corrected chi connectivity index (χ3v) is 7.50. The summed E-state index contributed by atoms with van der Waals surface area (Å²) in [6.07, 6.45) is 1.39. The summed E-state index contributed by atoms with van der Waals surface area (Å²) in [4.78, 5) is 26.6. The van der Waals surface area contributed by atoms with Crippen molar-refractivity contribution in [3.63, 3.8) is 0 Å². The quantitative estimate of drug-likeness (QED) is 0.260. The topological polar surface area (TPSA) is 91.9 Å². The predicted octanol–water partition coefficient (Wildman–Crippen LogP) is 6.17. The van der Waals surface area contributed by atoms with E-state index in [1.54, 1.807) is 30.3 Å². The first-order valence-corrected chi connectivity index (χ1v) is 13.8. The van der Waals surface area contributed by atoms with E-state index in [4.69, 9.17) is 9.47 Å². The lowest BCUT2D eigenvalue weighted by molar-refractivity contribution is 0.102. The molecule has 2 heterocycles. The second-order valence-electron chi connectivity index (χ2n) is 10.5. The highest BCUT2D eigenvalue weighted by atomic mass is 19.1. The maximum Gasteiger partial charge on any atom is 0.262 e. The highest BCUT2D eigenvalue weighted by Gasteiger charge is 2.23. The van der Waals surface area contributed by atoms with E-state index >= 15 is 4.39 Å². The van der Waals surface area contributed by atoms with E-state index in [0.29, 0.717) is 34.6 Å². The molecule has 1 fully saturated rings. The molecule has 1 aliphatic heterocycles. The molecule has 2 N–H and O–H groups in total. The number of hydrogen-bond acceptors (Lipinski definition) is 8. The van der Waals surface area contributed by atoms with Crippen molar-refractivity contribution in [3.05, 3.63) is 89.4 Å². The molecule has 10 heteroatoms. The van der Waals surface area contributed by atoms with Crippen LogP contribution in [0.5, 0.6) is 17.4 Å². The number of para-hydroxylation sites is 3. The summed E-state index contributed by atoms with van der Waals surface area (Å²) in [6, 6.07) is 18.1. The number of likely N-dealkylation sites (N-methyl/N-ethyl adjacent to an activating group) is 1. The normalized spacial score (nSPS) is 15.3. The van der Waals surface area contributed by atoms with Gasteiger partial charge in [0.2, 0.25) is 11.8 Å². The third-order valence-electron chi connectivity index (χ3n) is 7.50. The number of aromatic nitrogens is 2. The molecule has 0 radical (unpaired) electrons. The first-order valence-electron chi connectivity index (χ1n) is 13.8. The van der Waals surface area contributed by atoms with Crippen LogP contribution in [0, 0.1) is 19.7 Å².